The molecule has 11 nitrogen and oxygen atoms in total. The zero-order valence-corrected chi connectivity index (χ0v) is 21.3. The number of nitrogens with zero attached hydrogens (tertiary/aromatic N) is 3. The van der Waals surface area contributed by atoms with Crippen molar-refractivity contribution in [3.05, 3.63) is 63.1 Å². The van der Waals surface area contributed by atoms with Gasteiger partial charge in [0.15, 0.2) is 5.69 Å². The number of aromatic nitrogens is 1. The van der Waals surface area contributed by atoms with E-state index in [4.69, 9.17) is 14.2 Å². The molecule has 1 aromatic carbocycles. The first-order valence-electron chi connectivity index (χ1n) is 12.8. The lowest BCUT2D eigenvalue weighted by atomic mass is 10.1. The first-order valence-corrected chi connectivity index (χ1v) is 12.8. The van der Waals surface area contributed by atoms with E-state index in [9.17, 15) is 28.0 Å². The summed E-state index contributed by atoms with van der Waals surface area (Å²) in [6.45, 7) is 2.56. The van der Waals surface area contributed by atoms with Crippen LogP contribution in [0.4, 0.5) is 13.6 Å². The molecule has 13 heteroatoms. The topological polar surface area (TPSA) is 119 Å². The second-order valence-corrected chi connectivity index (χ2v) is 9.60. The molecule has 1 N–H and O–H groups in total. The number of rotatable bonds is 8. The molecule has 0 unspecified atom stereocenters. The van der Waals surface area contributed by atoms with Crippen LogP contribution in [0.25, 0.3) is 0 Å². The van der Waals surface area contributed by atoms with Gasteiger partial charge in [-0.15, -0.1) is 0 Å². The maximum atomic E-state index is 14.1. The minimum absolute atomic E-state index is 0.0233. The Morgan fingerprint density at radius 2 is 1.97 bits per heavy atom. The summed E-state index contributed by atoms with van der Waals surface area (Å²) < 4.78 is 44.0. The average Bonchev–Trinajstić information content (AvgIpc) is 3.50. The molecule has 2 saturated heterocycles. The molecule has 2 aromatic rings. The van der Waals surface area contributed by atoms with Gasteiger partial charge in [-0.05, 0) is 25.3 Å². The molecule has 0 aliphatic carbocycles. The van der Waals surface area contributed by atoms with E-state index in [2.05, 4.69) is 10.2 Å². The van der Waals surface area contributed by atoms with Crippen LogP contribution in [0.5, 0.6) is 5.75 Å². The fourth-order valence-electron chi connectivity index (χ4n) is 5.31. The molecule has 3 aliphatic heterocycles. The SMILES string of the molecule is CCCOC(=O)OCOc1c2n(cc(C(=O)NCc3ccc(F)cc3F)c1=O)C[C@@H]1N(C[C@H]3CCCN31)C2=O. The Labute approximate surface area is 222 Å². The van der Waals surface area contributed by atoms with Crippen molar-refractivity contribution < 1.29 is 37.4 Å². The van der Waals surface area contributed by atoms with Crippen molar-refractivity contribution >= 4 is 18.0 Å². The van der Waals surface area contributed by atoms with Gasteiger partial charge in [-0.3, -0.25) is 19.3 Å². The predicted octanol–water partition coefficient (Wildman–Crippen LogP) is 2.22. The van der Waals surface area contributed by atoms with Gasteiger partial charge in [0.2, 0.25) is 18.0 Å². The zero-order valence-electron chi connectivity index (χ0n) is 21.3. The molecule has 0 spiro atoms. The highest BCUT2D eigenvalue weighted by Crippen LogP contribution is 2.35. The number of hydrogen-bond donors (Lipinski definition) is 1. The van der Waals surface area contributed by atoms with Gasteiger partial charge in [-0.1, -0.05) is 13.0 Å². The number of carbonyl (C=O) groups is 3. The van der Waals surface area contributed by atoms with Crippen LogP contribution in [0.1, 0.15) is 52.6 Å². The second-order valence-electron chi connectivity index (χ2n) is 9.60. The van der Waals surface area contributed by atoms with Gasteiger partial charge in [0.05, 0.1) is 13.2 Å². The van der Waals surface area contributed by atoms with E-state index in [0.717, 1.165) is 25.5 Å². The Morgan fingerprint density at radius 1 is 1.15 bits per heavy atom. The molecule has 2 fully saturated rings. The Hall–Kier alpha value is -4.00. The average molecular weight is 547 g/mol. The fourth-order valence-corrected chi connectivity index (χ4v) is 5.31. The van der Waals surface area contributed by atoms with E-state index in [1.165, 1.54) is 16.8 Å². The van der Waals surface area contributed by atoms with Crippen molar-refractivity contribution in [1.29, 1.82) is 0 Å². The van der Waals surface area contributed by atoms with Gasteiger partial charge in [0.25, 0.3) is 11.8 Å². The second kappa shape index (κ2) is 11.0. The molecule has 0 radical (unpaired) electrons. The Kier molecular flexibility index (Phi) is 7.51. The van der Waals surface area contributed by atoms with Crippen molar-refractivity contribution in [3.8, 4) is 5.75 Å². The van der Waals surface area contributed by atoms with Crippen LogP contribution in [-0.2, 0) is 22.6 Å². The summed E-state index contributed by atoms with van der Waals surface area (Å²) in [6, 6.07) is 3.15. The van der Waals surface area contributed by atoms with Crippen molar-refractivity contribution in [3.63, 3.8) is 0 Å². The quantitative estimate of drug-likeness (QED) is 0.396. The molecule has 3 aliphatic rings. The number of benzene rings is 1. The summed E-state index contributed by atoms with van der Waals surface area (Å²) in [5, 5.41) is 2.46. The third-order valence-electron chi connectivity index (χ3n) is 7.14. The molecule has 208 valence electrons. The van der Waals surface area contributed by atoms with E-state index in [1.54, 1.807) is 11.8 Å². The summed E-state index contributed by atoms with van der Waals surface area (Å²) >= 11 is 0. The van der Waals surface area contributed by atoms with Crippen LogP contribution in [0.15, 0.2) is 29.2 Å². The van der Waals surface area contributed by atoms with Crippen molar-refractivity contribution in [2.45, 2.75) is 51.5 Å². The van der Waals surface area contributed by atoms with Gasteiger partial charge >= 0.3 is 6.16 Å². The Morgan fingerprint density at radius 3 is 2.74 bits per heavy atom. The normalized spacial score (nSPS) is 19.8. The van der Waals surface area contributed by atoms with E-state index in [-0.39, 0.29) is 42.2 Å². The molecular weight excluding hydrogens is 518 g/mol. The van der Waals surface area contributed by atoms with Crippen molar-refractivity contribution in [2.24, 2.45) is 0 Å². The number of pyridine rings is 1. The number of hydrogen-bond acceptors (Lipinski definition) is 8. The smallest absolute Gasteiger partial charge is 0.451 e. The fraction of sp³-hybridized carbons (Fsp3) is 0.462. The molecule has 1 aromatic heterocycles. The van der Waals surface area contributed by atoms with Gasteiger partial charge in [0, 0.05) is 43.5 Å². The lowest BCUT2D eigenvalue weighted by Crippen LogP contribution is -2.50. The molecule has 2 amide bonds. The van der Waals surface area contributed by atoms with Gasteiger partial charge in [-0.25, -0.2) is 13.6 Å². The summed E-state index contributed by atoms with van der Waals surface area (Å²) in [5.41, 5.74) is -1.27. The molecule has 0 bridgehead atoms. The van der Waals surface area contributed by atoms with E-state index in [0.29, 0.717) is 25.6 Å². The Balaban J connectivity index is 1.43. The van der Waals surface area contributed by atoms with Gasteiger partial charge in [0.1, 0.15) is 23.4 Å². The molecule has 39 heavy (non-hydrogen) atoms. The third kappa shape index (κ3) is 5.18. The number of carbonyl (C=O) groups excluding carboxylic acids is 3. The summed E-state index contributed by atoms with van der Waals surface area (Å²) in [6.07, 6.45) is 2.60. The van der Waals surface area contributed by atoms with Crippen LogP contribution in [-0.4, -0.2) is 71.0 Å². The number of fused-ring (bicyclic) bond motifs is 4. The third-order valence-corrected chi connectivity index (χ3v) is 7.14. The number of amides is 2. The van der Waals surface area contributed by atoms with Crippen LogP contribution >= 0.6 is 0 Å². The first kappa shape index (κ1) is 26.6. The van der Waals surface area contributed by atoms with Crippen LogP contribution in [0.3, 0.4) is 0 Å². The van der Waals surface area contributed by atoms with Gasteiger partial charge < -0.3 is 29.0 Å². The lowest BCUT2D eigenvalue weighted by molar-refractivity contribution is 0.00307. The number of nitrogens with one attached hydrogen (secondary N) is 1. The lowest BCUT2D eigenvalue weighted by Gasteiger charge is -2.36. The monoisotopic (exact) mass is 546 g/mol. The van der Waals surface area contributed by atoms with Crippen molar-refractivity contribution in [1.82, 2.24) is 19.7 Å². The highest BCUT2D eigenvalue weighted by atomic mass is 19.1. The number of ether oxygens (including phenoxy) is 3. The minimum Gasteiger partial charge on any atom is -0.451 e. The van der Waals surface area contributed by atoms with Crippen LogP contribution in [0, 0.1) is 11.6 Å². The summed E-state index contributed by atoms with van der Waals surface area (Å²) in [5.74, 6) is -3.31. The van der Waals surface area contributed by atoms with Crippen molar-refractivity contribution in [2.75, 3.05) is 26.5 Å². The Bertz CT molecular complexity index is 1360. The summed E-state index contributed by atoms with van der Waals surface area (Å²) in [4.78, 5) is 55.7. The maximum Gasteiger partial charge on any atom is 0.511 e. The number of halogens is 2. The van der Waals surface area contributed by atoms with E-state index >= 15 is 0 Å². The minimum atomic E-state index is -1.01. The predicted molar refractivity (Wildman–Crippen MR) is 131 cm³/mol. The maximum absolute atomic E-state index is 14.1. The standard InChI is InChI=1S/C26H28F2N4O7/c1-2-8-37-26(36)39-14-38-23-21-25(35)32-11-17-4-3-7-31(17)20(32)13-30(21)12-18(22(23)33)24(34)29-10-15-5-6-16(27)9-19(15)28/h5-6,9,12,17,20H,2-4,7-8,10-11,13-14H2,1H3,(H,29,34)/t17-,20+/m1/s1. The van der Waals surface area contributed by atoms with Crippen LogP contribution < -0.4 is 15.5 Å². The largest absolute Gasteiger partial charge is 0.511 e. The molecular formula is C26H28F2N4O7. The van der Waals surface area contributed by atoms with Crippen LogP contribution in [0.2, 0.25) is 0 Å². The first-order chi connectivity index (χ1) is 18.8. The molecule has 5 rings (SSSR count). The molecule has 2 atom stereocenters. The van der Waals surface area contributed by atoms with Gasteiger partial charge in [-0.2, -0.15) is 0 Å². The molecule has 0 saturated carbocycles. The highest BCUT2D eigenvalue weighted by Gasteiger charge is 2.48. The van der Waals surface area contributed by atoms with E-state index < -0.39 is 47.6 Å². The zero-order chi connectivity index (χ0) is 27.7. The van der Waals surface area contributed by atoms with E-state index in [1.807, 2.05) is 0 Å². The summed E-state index contributed by atoms with van der Waals surface area (Å²) in [7, 11) is 0. The molecule has 4 heterocycles. The highest BCUT2D eigenvalue weighted by molar-refractivity contribution is 5.99.